The summed E-state index contributed by atoms with van der Waals surface area (Å²) in [6.45, 7) is 10.4. The van der Waals surface area contributed by atoms with Crippen LogP contribution in [0.25, 0.3) is 10.8 Å². The zero-order valence-electron chi connectivity index (χ0n) is 15.8. The predicted molar refractivity (Wildman–Crippen MR) is 102 cm³/mol. The van der Waals surface area contributed by atoms with Gasteiger partial charge in [0, 0.05) is 22.1 Å². The number of carbonyl (C=O) groups excluding carboxylic acids is 2. The Balaban J connectivity index is 2.29. The number of benzene rings is 2. The standard InChI is InChI=1S/C22H27NO2/c1-6-14(4)15-12-13-18-19-16(15)10-9-11-17(19)20(24)23(21(18)25)22(5,7-2)8-3/h9-14H,6-8H2,1-5H3. The summed E-state index contributed by atoms with van der Waals surface area (Å²) in [4.78, 5) is 28.0. The van der Waals surface area contributed by atoms with Crippen molar-refractivity contribution in [3.05, 3.63) is 47.0 Å². The van der Waals surface area contributed by atoms with E-state index in [4.69, 9.17) is 0 Å². The second kappa shape index (κ2) is 6.29. The van der Waals surface area contributed by atoms with Gasteiger partial charge in [-0.2, -0.15) is 0 Å². The van der Waals surface area contributed by atoms with Gasteiger partial charge in [-0.3, -0.25) is 14.5 Å². The molecular weight excluding hydrogens is 310 g/mol. The van der Waals surface area contributed by atoms with Crippen LogP contribution in [0, 0.1) is 0 Å². The maximum atomic E-state index is 13.2. The van der Waals surface area contributed by atoms with E-state index in [9.17, 15) is 9.59 Å². The molecule has 0 spiro atoms. The average Bonchev–Trinajstić information content (AvgIpc) is 2.64. The molecule has 1 unspecified atom stereocenters. The lowest BCUT2D eigenvalue weighted by molar-refractivity contribution is 0.0387. The third-order valence-corrected chi connectivity index (χ3v) is 6.15. The molecule has 3 nitrogen and oxygen atoms in total. The molecule has 0 bridgehead atoms. The summed E-state index contributed by atoms with van der Waals surface area (Å²) in [5, 5.41) is 1.88. The van der Waals surface area contributed by atoms with Gasteiger partial charge in [-0.1, -0.05) is 45.9 Å². The van der Waals surface area contributed by atoms with Crippen LogP contribution in [-0.2, 0) is 0 Å². The Kier molecular flexibility index (Phi) is 4.44. The zero-order chi connectivity index (χ0) is 18.4. The van der Waals surface area contributed by atoms with Crippen molar-refractivity contribution in [2.45, 2.75) is 65.3 Å². The number of hydrogen-bond acceptors (Lipinski definition) is 2. The summed E-state index contributed by atoms with van der Waals surface area (Å²) >= 11 is 0. The van der Waals surface area contributed by atoms with Gasteiger partial charge in [-0.25, -0.2) is 0 Å². The van der Waals surface area contributed by atoms with E-state index in [1.54, 1.807) is 0 Å². The van der Waals surface area contributed by atoms with Crippen LogP contribution in [0.5, 0.6) is 0 Å². The van der Waals surface area contributed by atoms with Crippen molar-refractivity contribution in [1.82, 2.24) is 4.90 Å². The number of amides is 2. The molecule has 1 aliphatic rings. The van der Waals surface area contributed by atoms with Crippen LogP contribution in [0.15, 0.2) is 30.3 Å². The van der Waals surface area contributed by atoms with Gasteiger partial charge in [-0.15, -0.1) is 0 Å². The first-order valence-corrected chi connectivity index (χ1v) is 9.34. The highest BCUT2D eigenvalue weighted by Crippen LogP contribution is 2.38. The molecule has 0 saturated carbocycles. The highest BCUT2D eigenvalue weighted by molar-refractivity contribution is 6.26. The van der Waals surface area contributed by atoms with Gasteiger partial charge in [-0.05, 0) is 55.2 Å². The quantitative estimate of drug-likeness (QED) is 0.673. The van der Waals surface area contributed by atoms with Crippen molar-refractivity contribution < 1.29 is 9.59 Å². The maximum absolute atomic E-state index is 13.2. The molecule has 132 valence electrons. The molecule has 0 radical (unpaired) electrons. The number of nitrogens with zero attached hydrogens (tertiary/aromatic N) is 1. The van der Waals surface area contributed by atoms with Crippen LogP contribution in [0.1, 0.15) is 86.1 Å². The SMILES string of the molecule is CCC(C)c1ccc2c3c(cccc13)C(=O)N(C(C)(CC)CC)C2=O. The molecular formula is C22H27NO2. The first-order valence-electron chi connectivity index (χ1n) is 9.34. The van der Waals surface area contributed by atoms with Crippen molar-refractivity contribution in [3.8, 4) is 0 Å². The largest absolute Gasteiger partial charge is 0.269 e. The molecule has 1 aliphatic heterocycles. The fourth-order valence-electron chi connectivity index (χ4n) is 3.83. The summed E-state index contributed by atoms with van der Waals surface area (Å²) in [5.41, 5.74) is 2.07. The fraction of sp³-hybridized carbons (Fsp3) is 0.455. The monoisotopic (exact) mass is 337 g/mol. The lowest BCUT2D eigenvalue weighted by Crippen LogP contribution is -2.54. The Morgan fingerprint density at radius 1 is 0.960 bits per heavy atom. The highest BCUT2D eigenvalue weighted by atomic mass is 16.2. The molecule has 25 heavy (non-hydrogen) atoms. The molecule has 0 aliphatic carbocycles. The maximum Gasteiger partial charge on any atom is 0.261 e. The van der Waals surface area contributed by atoms with Gasteiger partial charge < -0.3 is 0 Å². The Bertz CT molecular complexity index is 826. The Morgan fingerprint density at radius 2 is 1.56 bits per heavy atom. The molecule has 0 N–H and O–H groups in total. The molecule has 2 amide bonds. The lowest BCUT2D eigenvalue weighted by atomic mass is 9.84. The minimum atomic E-state index is -0.455. The van der Waals surface area contributed by atoms with Gasteiger partial charge in [0.25, 0.3) is 11.8 Å². The summed E-state index contributed by atoms with van der Waals surface area (Å²) in [5.74, 6) is 0.0790. The van der Waals surface area contributed by atoms with E-state index in [0.717, 1.165) is 30.0 Å². The van der Waals surface area contributed by atoms with Gasteiger partial charge in [0.1, 0.15) is 0 Å². The third-order valence-electron chi connectivity index (χ3n) is 6.15. The van der Waals surface area contributed by atoms with Crippen LogP contribution < -0.4 is 0 Å². The van der Waals surface area contributed by atoms with E-state index in [0.29, 0.717) is 17.0 Å². The fourth-order valence-corrected chi connectivity index (χ4v) is 3.83. The molecule has 3 rings (SSSR count). The van der Waals surface area contributed by atoms with Gasteiger partial charge in [0.05, 0.1) is 0 Å². The van der Waals surface area contributed by atoms with E-state index in [1.807, 2.05) is 45.0 Å². The second-order valence-electron chi connectivity index (χ2n) is 7.39. The first kappa shape index (κ1) is 17.7. The van der Waals surface area contributed by atoms with E-state index >= 15 is 0 Å². The van der Waals surface area contributed by atoms with Crippen LogP contribution in [0.2, 0.25) is 0 Å². The van der Waals surface area contributed by atoms with Crippen molar-refractivity contribution in [3.63, 3.8) is 0 Å². The molecule has 2 aromatic carbocycles. The highest BCUT2D eigenvalue weighted by Gasteiger charge is 2.42. The molecule has 3 heteroatoms. The van der Waals surface area contributed by atoms with E-state index < -0.39 is 5.54 Å². The molecule has 2 aromatic rings. The number of hydrogen-bond donors (Lipinski definition) is 0. The summed E-state index contributed by atoms with van der Waals surface area (Å²) < 4.78 is 0. The molecule has 0 fully saturated rings. The topological polar surface area (TPSA) is 37.4 Å². The van der Waals surface area contributed by atoms with Gasteiger partial charge in [0.15, 0.2) is 0 Å². The Morgan fingerprint density at radius 3 is 2.12 bits per heavy atom. The minimum Gasteiger partial charge on any atom is -0.269 e. The molecule has 0 saturated heterocycles. The first-order chi connectivity index (χ1) is 11.9. The lowest BCUT2D eigenvalue weighted by Gasteiger charge is -2.41. The smallest absolute Gasteiger partial charge is 0.261 e. The van der Waals surface area contributed by atoms with E-state index in [1.165, 1.54) is 10.5 Å². The molecule has 1 heterocycles. The number of imide groups is 1. The van der Waals surface area contributed by atoms with Gasteiger partial charge >= 0.3 is 0 Å². The minimum absolute atomic E-state index is 0.157. The van der Waals surface area contributed by atoms with Crippen molar-refractivity contribution >= 4 is 22.6 Å². The van der Waals surface area contributed by atoms with Crippen molar-refractivity contribution in [2.75, 3.05) is 0 Å². The Labute approximate surface area is 150 Å². The van der Waals surface area contributed by atoms with Crippen molar-refractivity contribution in [2.24, 2.45) is 0 Å². The summed E-state index contributed by atoms with van der Waals surface area (Å²) in [6.07, 6.45) is 2.52. The molecule has 0 aromatic heterocycles. The summed E-state index contributed by atoms with van der Waals surface area (Å²) in [7, 11) is 0. The normalized spacial score (nSPS) is 15.8. The van der Waals surface area contributed by atoms with E-state index in [-0.39, 0.29) is 11.8 Å². The third kappa shape index (κ3) is 2.48. The number of carbonyl (C=O) groups is 2. The van der Waals surface area contributed by atoms with Crippen LogP contribution in [0.4, 0.5) is 0 Å². The Hall–Kier alpha value is -2.16. The van der Waals surface area contributed by atoms with E-state index in [2.05, 4.69) is 19.9 Å². The number of rotatable bonds is 5. The second-order valence-corrected chi connectivity index (χ2v) is 7.39. The predicted octanol–water partition coefficient (Wildman–Crippen LogP) is 5.53. The van der Waals surface area contributed by atoms with Crippen LogP contribution in [-0.4, -0.2) is 22.3 Å². The molecule has 1 atom stereocenters. The zero-order valence-corrected chi connectivity index (χ0v) is 15.8. The van der Waals surface area contributed by atoms with Crippen LogP contribution >= 0.6 is 0 Å². The summed E-state index contributed by atoms with van der Waals surface area (Å²) in [6, 6.07) is 9.82. The van der Waals surface area contributed by atoms with Gasteiger partial charge in [0.2, 0.25) is 0 Å². The van der Waals surface area contributed by atoms with Crippen molar-refractivity contribution in [1.29, 1.82) is 0 Å². The average molecular weight is 337 g/mol. The van der Waals surface area contributed by atoms with Crippen LogP contribution in [0.3, 0.4) is 0 Å².